The number of benzene rings is 2. The number of likely N-dealkylation sites (tertiary alicyclic amines) is 1. The molecule has 2 fully saturated rings. The summed E-state index contributed by atoms with van der Waals surface area (Å²) in [5, 5.41) is 4.79. The Morgan fingerprint density at radius 3 is 2.31 bits per heavy atom. The van der Waals surface area contributed by atoms with Crippen LogP contribution < -0.4 is 4.74 Å². The molecule has 5 nitrogen and oxygen atoms in total. The van der Waals surface area contributed by atoms with Crippen molar-refractivity contribution in [3.8, 4) is 22.8 Å². The van der Waals surface area contributed by atoms with Gasteiger partial charge in [-0.1, -0.05) is 18.2 Å². The highest BCUT2D eigenvalue weighted by atomic mass is 32.2. The van der Waals surface area contributed by atoms with Gasteiger partial charge in [0, 0.05) is 61.6 Å². The van der Waals surface area contributed by atoms with Crippen molar-refractivity contribution in [2.75, 3.05) is 37.7 Å². The predicted molar refractivity (Wildman–Crippen MR) is 132 cm³/mol. The zero-order chi connectivity index (χ0) is 21.8. The van der Waals surface area contributed by atoms with Gasteiger partial charge in [-0.05, 0) is 62.3 Å². The molecule has 0 bridgehead atoms. The molecule has 0 saturated carbocycles. The van der Waals surface area contributed by atoms with Crippen LogP contribution in [0.1, 0.15) is 18.4 Å². The number of nitrogens with zero attached hydrogens (tertiary/aromatic N) is 4. The molecule has 5 rings (SSSR count). The molecule has 3 aromatic rings. The first-order valence-electron chi connectivity index (χ1n) is 11.6. The minimum absolute atomic E-state index is 0.776. The Morgan fingerprint density at radius 2 is 1.59 bits per heavy atom. The lowest BCUT2D eigenvalue weighted by Crippen LogP contribution is -2.47. The van der Waals surface area contributed by atoms with Crippen molar-refractivity contribution in [1.82, 2.24) is 19.6 Å². The molecule has 168 valence electrons. The lowest BCUT2D eigenvalue weighted by Gasteiger charge is -2.40. The van der Waals surface area contributed by atoms with Crippen LogP contribution in [0, 0.1) is 0 Å². The van der Waals surface area contributed by atoms with Crippen molar-refractivity contribution >= 4 is 11.8 Å². The minimum Gasteiger partial charge on any atom is -0.457 e. The van der Waals surface area contributed by atoms with Crippen LogP contribution in [0.5, 0.6) is 11.5 Å². The topological polar surface area (TPSA) is 33.5 Å². The van der Waals surface area contributed by atoms with Gasteiger partial charge in [-0.25, -0.2) is 0 Å². The first-order chi connectivity index (χ1) is 15.7. The largest absolute Gasteiger partial charge is 0.457 e. The normalized spacial score (nSPS) is 18.7. The Hall–Kier alpha value is -2.28. The quantitative estimate of drug-likeness (QED) is 0.536. The Kier molecular flexibility index (Phi) is 6.81. The number of aromatic nitrogens is 2. The molecule has 1 aromatic heterocycles. The van der Waals surface area contributed by atoms with Gasteiger partial charge in [0.1, 0.15) is 11.5 Å². The summed E-state index contributed by atoms with van der Waals surface area (Å²) in [4.78, 5) is 5.32. The molecule has 0 radical (unpaired) electrons. The summed E-state index contributed by atoms with van der Waals surface area (Å²) in [7, 11) is 2.01. The van der Waals surface area contributed by atoms with E-state index in [1.807, 2.05) is 54.2 Å². The highest BCUT2D eigenvalue weighted by molar-refractivity contribution is 7.99. The van der Waals surface area contributed by atoms with Gasteiger partial charge in [-0.3, -0.25) is 14.5 Å². The van der Waals surface area contributed by atoms with E-state index in [-0.39, 0.29) is 0 Å². The van der Waals surface area contributed by atoms with Crippen LogP contribution >= 0.6 is 11.8 Å². The van der Waals surface area contributed by atoms with Gasteiger partial charge in [0.25, 0.3) is 0 Å². The highest BCUT2D eigenvalue weighted by Crippen LogP contribution is 2.29. The monoisotopic (exact) mass is 448 g/mol. The summed E-state index contributed by atoms with van der Waals surface area (Å²) in [6.45, 7) is 5.85. The van der Waals surface area contributed by atoms with Crippen molar-refractivity contribution < 1.29 is 4.74 Å². The number of ether oxygens (including phenoxy) is 1. The van der Waals surface area contributed by atoms with Crippen LogP contribution in [0.2, 0.25) is 0 Å². The molecular weight excluding hydrogens is 416 g/mol. The summed E-state index contributed by atoms with van der Waals surface area (Å²) < 4.78 is 7.89. The number of thioether (sulfide) groups is 1. The van der Waals surface area contributed by atoms with E-state index < -0.39 is 0 Å². The number of rotatable bonds is 6. The third kappa shape index (κ3) is 5.20. The van der Waals surface area contributed by atoms with E-state index in [2.05, 4.69) is 39.9 Å². The third-order valence-corrected chi connectivity index (χ3v) is 7.47. The van der Waals surface area contributed by atoms with Crippen molar-refractivity contribution in [2.45, 2.75) is 25.4 Å². The van der Waals surface area contributed by atoms with Crippen LogP contribution in [0.25, 0.3) is 11.3 Å². The first kappa shape index (κ1) is 21.6. The Morgan fingerprint density at radius 1 is 0.906 bits per heavy atom. The van der Waals surface area contributed by atoms with Crippen molar-refractivity contribution in [2.24, 2.45) is 7.05 Å². The van der Waals surface area contributed by atoms with E-state index in [1.165, 1.54) is 56.1 Å². The van der Waals surface area contributed by atoms with E-state index in [9.17, 15) is 0 Å². The maximum absolute atomic E-state index is 5.95. The standard InChI is InChI=1S/C26H32N4OS/c1-28-19-22(20-29-13-11-23(12-14-29)30-15-17-32-18-16-30)26(27-28)21-7-9-25(10-8-21)31-24-5-3-2-4-6-24/h2-10,19,23H,11-18,20H2,1H3. The highest BCUT2D eigenvalue weighted by Gasteiger charge is 2.26. The molecular formula is C26H32N4OS. The zero-order valence-electron chi connectivity index (χ0n) is 18.8. The third-order valence-electron chi connectivity index (χ3n) is 6.52. The number of hydrogen-bond donors (Lipinski definition) is 0. The SMILES string of the molecule is Cn1cc(CN2CCC(N3CCSCC3)CC2)c(-c2ccc(Oc3ccccc3)cc2)n1. The molecule has 2 saturated heterocycles. The van der Waals surface area contributed by atoms with Crippen LogP contribution in [0.15, 0.2) is 60.8 Å². The van der Waals surface area contributed by atoms with Gasteiger partial charge in [0.2, 0.25) is 0 Å². The summed E-state index contributed by atoms with van der Waals surface area (Å²) in [6.07, 6.45) is 4.75. The molecule has 0 atom stereocenters. The van der Waals surface area contributed by atoms with Gasteiger partial charge < -0.3 is 4.74 Å². The molecule has 2 aliphatic rings. The van der Waals surface area contributed by atoms with E-state index in [0.717, 1.165) is 35.3 Å². The van der Waals surface area contributed by atoms with Gasteiger partial charge in [0.15, 0.2) is 0 Å². The number of aryl methyl sites for hydroxylation is 1. The summed E-state index contributed by atoms with van der Waals surface area (Å²) >= 11 is 2.10. The molecule has 32 heavy (non-hydrogen) atoms. The predicted octanol–water partition coefficient (Wildman–Crippen LogP) is 4.89. The molecule has 0 amide bonds. The Balaban J connectivity index is 1.22. The molecule has 0 spiro atoms. The smallest absolute Gasteiger partial charge is 0.127 e. The van der Waals surface area contributed by atoms with E-state index in [4.69, 9.17) is 9.84 Å². The molecule has 2 aromatic carbocycles. The fraction of sp³-hybridized carbons (Fsp3) is 0.423. The molecule has 2 aliphatic heterocycles. The fourth-order valence-corrected chi connectivity index (χ4v) is 5.76. The van der Waals surface area contributed by atoms with Gasteiger partial charge in [0.05, 0.1) is 5.69 Å². The van der Waals surface area contributed by atoms with Crippen LogP contribution in [0.3, 0.4) is 0 Å². The Bertz CT molecular complexity index is 990. The van der Waals surface area contributed by atoms with Crippen molar-refractivity contribution in [3.05, 3.63) is 66.4 Å². The summed E-state index contributed by atoms with van der Waals surface area (Å²) in [6, 6.07) is 19.0. The van der Waals surface area contributed by atoms with E-state index >= 15 is 0 Å². The lowest BCUT2D eigenvalue weighted by atomic mass is 10.0. The molecule has 6 heteroatoms. The Labute approximate surface area is 195 Å². The molecule has 3 heterocycles. The molecule has 0 aliphatic carbocycles. The second-order valence-corrected chi connectivity index (χ2v) is 10.00. The van der Waals surface area contributed by atoms with Crippen LogP contribution in [0.4, 0.5) is 0 Å². The van der Waals surface area contributed by atoms with Crippen molar-refractivity contribution in [1.29, 1.82) is 0 Å². The number of para-hydroxylation sites is 1. The average Bonchev–Trinajstić information content (AvgIpc) is 3.21. The maximum atomic E-state index is 5.95. The van der Waals surface area contributed by atoms with E-state index in [1.54, 1.807) is 0 Å². The summed E-state index contributed by atoms with van der Waals surface area (Å²) in [5.74, 6) is 4.30. The van der Waals surface area contributed by atoms with Gasteiger partial charge in [-0.2, -0.15) is 16.9 Å². The van der Waals surface area contributed by atoms with Crippen LogP contribution in [-0.4, -0.2) is 63.3 Å². The van der Waals surface area contributed by atoms with E-state index in [0.29, 0.717) is 0 Å². The zero-order valence-corrected chi connectivity index (χ0v) is 19.6. The summed E-state index contributed by atoms with van der Waals surface area (Å²) in [5.41, 5.74) is 3.52. The second-order valence-electron chi connectivity index (χ2n) is 8.77. The van der Waals surface area contributed by atoms with Crippen LogP contribution in [-0.2, 0) is 13.6 Å². The minimum atomic E-state index is 0.776. The second kappa shape index (κ2) is 10.1. The number of piperidine rings is 1. The maximum Gasteiger partial charge on any atom is 0.127 e. The van der Waals surface area contributed by atoms with Gasteiger partial charge >= 0.3 is 0 Å². The van der Waals surface area contributed by atoms with Crippen molar-refractivity contribution in [3.63, 3.8) is 0 Å². The van der Waals surface area contributed by atoms with Gasteiger partial charge in [-0.15, -0.1) is 0 Å². The lowest BCUT2D eigenvalue weighted by molar-refractivity contribution is 0.112. The molecule has 0 N–H and O–H groups in total. The fourth-order valence-electron chi connectivity index (χ4n) is 4.83. The average molecular weight is 449 g/mol. The first-order valence-corrected chi connectivity index (χ1v) is 12.8. The molecule has 0 unspecified atom stereocenters. The number of hydrogen-bond acceptors (Lipinski definition) is 5.